The Labute approximate surface area is 226 Å². The lowest BCUT2D eigenvalue weighted by Crippen LogP contribution is -2.66. The van der Waals surface area contributed by atoms with Crippen LogP contribution >= 0.6 is 0 Å². The molecule has 0 bridgehead atoms. The topological polar surface area (TPSA) is 133 Å². The van der Waals surface area contributed by atoms with Crippen LogP contribution in [0.4, 0.5) is 20.4 Å². The molecule has 4 atom stereocenters. The van der Waals surface area contributed by atoms with Crippen molar-refractivity contribution in [2.45, 2.75) is 49.9 Å². The minimum Gasteiger partial charge on any atom is -0.381 e. The van der Waals surface area contributed by atoms with Crippen LogP contribution in [-0.2, 0) is 16.1 Å². The molecule has 6 heterocycles. The maximum Gasteiger partial charge on any atom is 0.259 e. The van der Waals surface area contributed by atoms with Crippen molar-refractivity contribution in [1.82, 2.24) is 35.1 Å². The fourth-order valence-electron chi connectivity index (χ4n) is 6.65. The number of nitrogens with one attached hydrogen (secondary N) is 3. The lowest BCUT2D eigenvalue weighted by atomic mass is 9.90. The number of carbonyl (C=O) groups is 2. The smallest absolute Gasteiger partial charge is 0.259 e. The summed E-state index contributed by atoms with van der Waals surface area (Å²) in [5.74, 6) is 0.0918. The van der Waals surface area contributed by atoms with Crippen LogP contribution in [0.5, 0.6) is 0 Å². The Morgan fingerprint density at radius 3 is 2.44 bits per heavy atom. The van der Waals surface area contributed by atoms with E-state index in [2.05, 4.69) is 30.8 Å². The highest BCUT2D eigenvalue weighted by Crippen LogP contribution is 2.29. The Morgan fingerprint density at radius 2 is 1.74 bits per heavy atom. The number of halogens is 2. The summed E-state index contributed by atoms with van der Waals surface area (Å²) < 4.78 is 35.8. The van der Waals surface area contributed by atoms with Gasteiger partial charge in [-0.05, 0) is 25.9 Å². The number of carbonyl (C=O) groups excluding carboxylic acids is 2. The molecule has 14 heteroatoms. The number of rotatable bonds is 5. The number of anilines is 2. The van der Waals surface area contributed by atoms with Gasteiger partial charge in [-0.15, -0.1) is 0 Å². The number of hydrogen-bond donors (Lipinski definition) is 4. The summed E-state index contributed by atoms with van der Waals surface area (Å²) >= 11 is 0. The largest absolute Gasteiger partial charge is 0.381 e. The fourth-order valence-corrected chi connectivity index (χ4v) is 6.65. The maximum atomic E-state index is 15.3. The molecule has 5 N–H and O–H groups in total. The molecule has 0 saturated carbocycles. The average Bonchev–Trinajstić information content (AvgIpc) is 3.23. The van der Waals surface area contributed by atoms with Gasteiger partial charge in [-0.25, -0.2) is 13.5 Å². The molecule has 216 valence electrons. The molecule has 5 aliphatic heterocycles. The second kappa shape index (κ2) is 11.1. The first-order valence-corrected chi connectivity index (χ1v) is 14.1. The number of alkyl halides is 2. The van der Waals surface area contributed by atoms with Gasteiger partial charge >= 0.3 is 0 Å². The van der Waals surface area contributed by atoms with Crippen LogP contribution in [0.25, 0.3) is 0 Å². The number of hydrogen-bond acceptors (Lipinski definition) is 9. The summed E-state index contributed by atoms with van der Waals surface area (Å²) in [7, 11) is 0. The quantitative estimate of drug-likeness (QED) is 0.360. The molecule has 1 aromatic rings. The Morgan fingerprint density at radius 1 is 1.00 bits per heavy atom. The molecule has 1 aromatic heterocycles. The number of aromatic nitrogens is 2. The zero-order valence-electron chi connectivity index (χ0n) is 22.2. The van der Waals surface area contributed by atoms with E-state index in [1.807, 2.05) is 4.90 Å². The molecule has 39 heavy (non-hydrogen) atoms. The van der Waals surface area contributed by atoms with E-state index in [4.69, 9.17) is 10.5 Å². The summed E-state index contributed by atoms with van der Waals surface area (Å²) in [6, 6.07) is -0.521. The third-order valence-electron chi connectivity index (χ3n) is 8.93. The fraction of sp³-hybridized carbons (Fsp3) is 0.800. The molecule has 0 aromatic carbocycles. The molecule has 2 amide bonds. The Balaban J connectivity index is 1.05. The molecule has 6 rings (SSSR count). The highest BCUT2D eigenvalue weighted by atomic mass is 19.1. The van der Waals surface area contributed by atoms with Crippen LogP contribution in [0.3, 0.4) is 0 Å². The molecule has 5 aliphatic rings. The lowest BCUT2D eigenvalue weighted by Gasteiger charge is -2.46. The number of amides is 2. The van der Waals surface area contributed by atoms with Gasteiger partial charge < -0.3 is 31.3 Å². The Kier molecular flexibility index (Phi) is 7.62. The van der Waals surface area contributed by atoms with E-state index in [-0.39, 0.29) is 42.8 Å². The van der Waals surface area contributed by atoms with E-state index in [1.54, 1.807) is 0 Å². The molecule has 0 aliphatic carbocycles. The van der Waals surface area contributed by atoms with Crippen LogP contribution in [0, 0.1) is 5.92 Å². The second-order valence-corrected chi connectivity index (χ2v) is 11.4. The number of nitrogen functional groups attached to an aromatic ring is 1. The Hall–Kier alpha value is -2.55. The Bertz CT molecular complexity index is 1050. The van der Waals surface area contributed by atoms with Crippen LogP contribution in [-0.4, -0.2) is 139 Å². The second-order valence-electron chi connectivity index (χ2n) is 11.4. The van der Waals surface area contributed by atoms with Crippen LogP contribution < -0.4 is 21.7 Å². The normalized spacial score (nSPS) is 31.3. The van der Waals surface area contributed by atoms with E-state index in [9.17, 15) is 14.0 Å². The average molecular weight is 552 g/mol. The van der Waals surface area contributed by atoms with Gasteiger partial charge in [-0.1, -0.05) is 0 Å². The number of ether oxygens (including phenoxy) is 1. The van der Waals surface area contributed by atoms with Crippen LogP contribution in [0.15, 0.2) is 0 Å². The van der Waals surface area contributed by atoms with E-state index >= 15 is 4.39 Å². The molecule has 4 fully saturated rings. The molecule has 4 unspecified atom stereocenters. The zero-order chi connectivity index (χ0) is 27.1. The van der Waals surface area contributed by atoms with E-state index < -0.39 is 30.3 Å². The minimum absolute atomic E-state index is 0.0161. The first-order valence-electron chi connectivity index (χ1n) is 14.1. The number of nitrogens with zero attached hydrogens (tertiary/aromatic N) is 5. The van der Waals surface area contributed by atoms with Crippen molar-refractivity contribution in [2.75, 3.05) is 83.2 Å². The molecular formula is C25H39F2N9O3. The van der Waals surface area contributed by atoms with E-state index in [0.717, 1.165) is 39.4 Å². The zero-order valence-corrected chi connectivity index (χ0v) is 22.2. The maximum absolute atomic E-state index is 15.3. The van der Waals surface area contributed by atoms with E-state index in [1.165, 1.54) is 4.68 Å². The van der Waals surface area contributed by atoms with E-state index in [0.29, 0.717) is 44.3 Å². The van der Waals surface area contributed by atoms with Crippen molar-refractivity contribution in [3.63, 3.8) is 0 Å². The van der Waals surface area contributed by atoms with Gasteiger partial charge in [0.15, 0.2) is 5.82 Å². The first kappa shape index (κ1) is 26.7. The van der Waals surface area contributed by atoms with Gasteiger partial charge in [0.05, 0.1) is 37.9 Å². The van der Waals surface area contributed by atoms with Crippen LogP contribution in [0.2, 0.25) is 0 Å². The van der Waals surface area contributed by atoms with Crippen molar-refractivity contribution in [1.29, 1.82) is 0 Å². The van der Waals surface area contributed by atoms with Gasteiger partial charge in [0, 0.05) is 51.7 Å². The summed E-state index contributed by atoms with van der Waals surface area (Å²) in [5.41, 5.74) is 6.18. The molecule has 12 nitrogen and oxygen atoms in total. The summed E-state index contributed by atoms with van der Waals surface area (Å²) in [6.07, 6.45) is -0.951. The van der Waals surface area contributed by atoms with Crippen molar-refractivity contribution < 1.29 is 23.1 Å². The third kappa shape index (κ3) is 5.31. The van der Waals surface area contributed by atoms with Crippen LogP contribution in [0.1, 0.15) is 23.2 Å². The van der Waals surface area contributed by atoms with Crippen molar-refractivity contribution >= 4 is 23.5 Å². The summed E-state index contributed by atoms with van der Waals surface area (Å²) in [4.78, 5) is 33.0. The summed E-state index contributed by atoms with van der Waals surface area (Å²) in [5, 5.41) is 13.1. The van der Waals surface area contributed by atoms with Gasteiger partial charge in [0.1, 0.15) is 23.7 Å². The third-order valence-corrected chi connectivity index (χ3v) is 8.93. The number of nitrogens with two attached hydrogens (primary N) is 1. The lowest BCUT2D eigenvalue weighted by molar-refractivity contribution is -0.141. The monoisotopic (exact) mass is 551 g/mol. The molecule has 0 radical (unpaired) electrons. The number of likely N-dealkylation sites (tertiary alicyclic amines) is 1. The number of piperidine rings is 2. The van der Waals surface area contributed by atoms with Crippen molar-refractivity contribution in [3.8, 4) is 0 Å². The highest BCUT2D eigenvalue weighted by Gasteiger charge is 2.42. The minimum atomic E-state index is -1.18. The molecule has 0 spiro atoms. The van der Waals surface area contributed by atoms with Gasteiger partial charge in [0.25, 0.3) is 5.91 Å². The predicted molar refractivity (Wildman–Crippen MR) is 140 cm³/mol. The van der Waals surface area contributed by atoms with Gasteiger partial charge in [0.2, 0.25) is 5.91 Å². The highest BCUT2D eigenvalue weighted by molar-refractivity contribution is 6.03. The van der Waals surface area contributed by atoms with Gasteiger partial charge in [-0.2, -0.15) is 5.10 Å². The van der Waals surface area contributed by atoms with Gasteiger partial charge in [-0.3, -0.25) is 19.4 Å². The standard InChI is InChI=1S/C25H39F2N9O3/c26-16-9-30-23-20(22(28)32-36(23)12-16)24(37)31-19-11-29-10-18(27)21(19)34-3-1-15(2-4-34)25(38)35-7-5-33(6-8-35)17-13-39-14-17/h15-19,21,29-30H,1-14H2,(H2,28,32)(H,31,37). The number of piperazine rings is 1. The summed E-state index contributed by atoms with van der Waals surface area (Å²) in [6.45, 7) is 6.73. The SMILES string of the molecule is Nc1nn2c(c1C(=O)NC1CNCC(F)C1N1CCC(C(=O)N3CCN(C4COC4)CC3)CC1)NCC(F)C2. The number of fused-ring (bicyclic) bond motifs is 1. The van der Waals surface area contributed by atoms with Crippen molar-refractivity contribution in [3.05, 3.63) is 5.56 Å². The van der Waals surface area contributed by atoms with Crippen molar-refractivity contribution in [2.24, 2.45) is 5.92 Å². The first-order chi connectivity index (χ1) is 18.9. The predicted octanol–water partition coefficient (Wildman–Crippen LogP) is -1.11. The molecule has 4 saturated heterocycles. The molecular weight excluding hydrogens is 512 g/mol.